The lowest BCUT2D eigenvalue weighted by molar-refractivity contribution is -0.137. The normalized spacial score (nSPS) is 15.4. The lowest BCUT2D eigenvalue weighted by Crippen LogP contribution is -2.16. The van der Waals surface area contributed by atoms with Gasteiger partial charge in [-0.05, 0) is 30.5 Å². The third-order valence-corrected chi connectivity index (χ3v) is 3.31. The van der Waals surface area contributed by atoms with Crippen LogP contribution in [0.2, 0.25) is 0 Å². The molecule has 0 unspecified atom stereocenters. The second kappa shape index (κ2) is 5.48. The predicted molar refractivity (Wildman–Crippen MR) is 70.4 cm³/mol. The van der Waals surface area contributed by atoms with Crippen LogP contribution >= 0.6 is 0 Å². The SMILES string of the molecule is FC(F)(F)c1cccc(Cn2cnc(CNC3CC3)n2)c1. The van der Waals surface area contributed by atoms with Crippen LogP contribution in [0.4, 0.5) is 13.2 Å². The van der Waals surface area contributed by atoms with Crippen LogP contribution in [0.3, 0.4) is 0 Å². The molecule has 0 bridgehead atoms. The molecule has 1 aliphatic carbocycles. The zero-order valence-corrected chi connectivity index (χ0v) is 11.3. The Hall–Kier alpha value is -1.89. The molecule has 1 heterocycles. The van der Waals surface area contributed by atoms with Crippen LogP contribution in [0.15, 0.2) is 30.6 Å². The van der Waals surface area contributed by atoms with Crippen LogP contribution in [-0.4, -0.2) is 20.8 Å². The smallest absolute Gasteiger partial charge is 0.307 e. The van der Waals surface area contributed by atoms with E-state index in [9.17, 15) is 13.2 Å². The molecule has 3 rings (SSSR count). The monoisotopic (exact) mass is 296 g/mol. The quantitative estimate of drug-likeness (QED) is 0.922. The molecular formula is C14H15F3N4. The summed E-state index contributed by atoms with van der Waals surface area (Å²) in [6, 6.07) is 5.84. The molecule has 112 valence electrons. The van der Waals surface area contributed by atoms with Gasteiger partial charge in [-0.2, -0.15) is 18.3 Å². The molecule has 1 saturated carbocycles. The maximum Gasteiger partial charge on any atom is 0.416 e. The number of nitrogens with one attached hydrogen (secondary N) is 1. The lowest BCUT2D eigenvalue weighted by atomic mass is 10.1. The van der Waals surface area contributed by atoms with Gasteiger partial charge in [-0.25, -0.2) is 9.67 Å². The highest BCUT2D eigenvalue weighted by atomic mass is 19.4. The Morgan fingerprint density at radius 2 is 2.10 bits per heavy atom. The van der Waals surface area contributed by atoms with Gasteiger partial charge in [0.25, 0.3) is 0 Å². The highest BCUT2D eigenvalue weighted by molar-refractivity contribution is 5.25. The molecule has 1 aromatic heterocycles. The first-order chi connectivity index (χ1) is 10.0. The molecule has 0 atom stereocenters. The Morgan fingerprint density at radius 1 is 1.29 bits per heavy atom. The van der Waals surface area contributed by atoms with Gasteiger partial charge in [-0.15, -0.1) is 0 Å². The maximum atomic E-state index is 12.6. The largest absolute Gasteiger partial charge is 0.416 e. The summed E-state index contributed by atoms with van der Waals surface area (Å²) in [5, 5.41) is 7.55. The molecule has 0 aliphatic heterocycles. The van der Waals surface area contributed by atoms with E-state index in [1.54, 1.807) is 17.1 Å². The van der Waals surface area contributed by atoms with Crippen molar-refractivity contribution < 1.29 is 13.2 Å². The van der Waals surface area contributed by atoms with Gasteiger partial charge >= 0.3 is 6.18 Å². The molecule has 4 nitrogen and oxygen atoms in total. The molecule has 0 saturated heterocycles. The molecule has 1 aliphatic rings. The number of halogens is 3. The molecule has 7 heteroatoms. The minimum Gasteiger partial charge on any atom is -0.307 e. The number of rotatable bonds is 5. The van der Waals surface area contributed by atoms with Gasteiger partial charge in [0.05, 0.1) is 18.7 Å². The summed E-state index contributed by atoms with van der Waals surface area (Å²) in [6.07, 6.45) is -0.405. The second-order valence-electron chi connectivity index (χ2n) is 5.21. The van der Waals surface area contributed by atoms with Crippen molar-refractivity contribution in [2.24, 2.45) is 0 Å². The van der Waals surface area contributed by atoms with Crippen molar-refractivity contribution in [2.75, 3.05) is 0 Å². The Bertz CT molecular complexity index is 617. The van der Waals surface area contributed by atoms with E-state index in [0.29, 0.717) is 24.0 Å². The van der Waals surface area contributed by atoms with Crippen LogP contribution in [-0.2, 0) is 19.3 Å². The number of hydrogen-bond acceptors (Lipinski definition) is 3. The van der Waals surface area contributed by atoms with E-state index in [1.807, 2.05) is 0 Å². The highest BCUT2D eigenvalue weighted by Gasteiger charge is 2.30. The molecule has 2 aromatic rings. The van der Waals surface area contributed by atoms with Gasteiger partial charge in [0.2, 0.25) is 0 Å². The first-order valence-corrected chi connectivity index (χ1v) is 6.78. The highest BCUT2D eigenvalue weighted by Crippen LogP contribution is 2.29. The van der Waals surface area contributed by atoms with E-state index in [1.165, 1.54) is 18.9 Å². The Kier molecular flexibility index (Phi) is 3.67. The van der Waals surface area contributed by atoms with E-state index in [-0.39, 0.29) is 6.54 Å². The van der Waals surface area contributed by atoms with Crippen molar-refractivity contribution in [1.29, 1.82) is 0 Å². The van der Waals surface area contributed by atoms with Crippen molar-refractivity contribution in [2.45, 2.75) is 38.1 Å². The van der Waals surface area contributed by atoms with Gasteiger partial charge in [-0.1, -0.05) is 12.1 Å². The summed E-state index contributed by atoms with van der Waals surface area (Å²) >= 11 is 0. The standard InChI is InChI=1S/C14H15F3N4/c15-14(16,17)11-3-1-2-10(6-11)8-21-9-19-13(20-21)7-18-12-4-5-12/h1-3,6,9,12,18H,4-5,7-8H2. The topological polar surface area (TPSA) is 42.7 Å². The molecular weight excluding hydrogens is 281 g/mol. The van der Waals surface area contributed by atoms with Gasteiger partial charge in [-0.3, -0.25) is 0 Å². The minimum absolute atomic E-state index is 0.278. The Morgan fingerprint density at radius 3 is 2.81 bits per heavy atom. The zero-order valence-electron chi connectivity index (χ0n) is 11.3. The fourth-order valence-electron chi connectivity index (χ4n) is 2.05. The number of aromatic nitrogens is 3. The lowest BCUT2D eigenvalue weighted by Gasteiger charge is -2.08. The molecule has 1 aromatic carbocycles. The van der Waals surface area contributed by atoms with Crippen LogP contribution in [0.25, 0.3) is 0 Å². The Labute approximate surface area is 120 Å². The summed E-state index contributed by atoms with van der Waals surface area (Å²) in [7, 11) is 0. The van der Waals surface area contributed by atoms with E-state index in [0.717, 1.165) is 12.1 Å². The molecule has 1 fully saturated rings. The molecule has 0 amide bonds. The van der Waals surface area contributed by atoms with Crippen molar-refractivity contribution in [1.82, 2.24) is 20.1 Å². The van der Waals surface area contributed by atoms with Gasteiger partial charge in [0.1, 0.15) is 6.33 Å². The molecule has 21 heavy (non-hydrogen) atoms. The summed E-state index contributed by atoms with van der Waals surface area (Å²) < 4.78 is 39.5. The molecule has 1 N–H and O–H groups in total. The van der Waals surface area contributed by atoms with Crippen LogP contribution in [0.1, 0.15) is 29.8 Å². The fourth-order valence-corrected chi connectivity index (χ4v) is 2.05. The summed E-state index contributed by atoms with van der Waals surface area (Å²) in [5.74, 6) is 0.661. The third kappa shape index (κ3) is 3.81. The summed E-state index contributed by atoms with van der Waals surface area (Å²) in [5.41, 5.74) is -0.0906. The molecule has 0 radical (unpaired) electrons. The zero-order chi connectivity index (χ0) is 14.9. The molecule has 0 spiro atoms. The third-order valence-electron chi connectivity index (χ3n) is 3.31. The fraction of sp³-hybridized carbons (Fsp3) is 0.429. The summed E-state index contributed by atoms with van der Waals surface area (Å²) in [6.45, 7) is 0.876. The van der Waals surface area contributed by atoms with Crippen molar-refractivity contribution in [3.63, 3.8) is 0 Å². The average molecular weight is 296 g/mol. The Balaban J connectivity index is 1.65. The van der Waals surface area contributed by atoms with Gasteiger partial charge < -0.3 is 5.32 Å². The second-order valence-corrected chi connectivity index (χ2v) is 5.21. The van der Waals surface area contributed by atoms with E-state index >= 15 is 0 Å². The number of hydrogen-bond donors (Lipinski definition) is 1. The van der Waals surface area contributed by atoms with Crippen molar-refractivity contribution in [3.05, 3.63) is 47.5 Å². The first-order valence-electron chi connectivity index (χ1n) is 6.78. The van der Waals surface area contributed by atoms with Crippen LogP contribution in [0, 0.1) is 0 Å². The van der Waals surface area contributed by atoms with E-state index < -0.39 is 11.7 Å². The minimum atomic E-state index is -4.32. The van der Waals surface area contributed by atoms with E-state index in [4.69, 9.17) is 0 Å². The van der Waals surface area contributed by atoms with Crippen LogP contribution < -0.4 is 5.32 Å². The van der Waals surface area contributed by atoms with Crippen molar-refractivity contribution in [3.8, 4) is 0 Å². The van der Waals surface area contributed by atoms with Gasteiger partial charge in [0, 0.05) is 6.04 Å². The predicted octanol–water partition coefficient (Wildman–Crippen LogP) is 2.60. The number of benzene rings is 1. The number of alkyl halides is 3. The van der Waals surface area contributed by atoms with Gasteiger partial charge in [0.15, 0.2) is 5.82 Å². The summed E-state index contributed by atoms with van der Waals surface area (Å²) in [4.78, 5) is 4.15. The van der Waals surface area contributed by atoms with Crippen molar-refractivity contribution >= 4 is 0 Å². The number of nitrogens with zero attached hydrogens (tertiary/aromatic N) is 3. The van der Waals surface area contributed by atoms with E-state index in [2.05, 4.69) is 15.4 Å². The van der Waals surface area contributed by atoms with Crippen LogP contribution in [0.5, 0.6) is 0 Å². The maximum absolute atomic E-state index is 12.6. The first kappa shape index (κ1) is 14.1. The average Bonchev–Trinajstić information content (AvgIpc) is 3.16.